The van der Waals surface area contributed by atoms with Crippen molar-refractivity contribution in [3.8, 4) is 0 Å². The van der Waals surface area contributed by atoms with Gasteiger partial charge in [0.2, 0.25) is 10.0 Å². The van der Waals surface area contributed by atoms with E-state index in [1.54, 1.807) is 54.6 Å². The Bertz CT molecular complexity index is 1590. The summed E-state index contributed by atoms with van der Waals surface area (Å²) in [6, 6.07) is 29.6. The van der Waals surface area contributed by atoms with Crippen LogP contribution in [0, 0.1) is 13.8 Å². The van der Waals surface area contributed by atoms with Gasteiger partial charge in [0.25, 0.3) is 10.1 Å². The molecule has 4 aromatic rings. The zero-order chi connectivity index (χ0) is 28.8. The van der Waals surface area contributed by atoms with E-state index in [-0.39, 0.29) is 22.8 Å². The molecule has 9 heteroatoms. The van der Waals surface area contributed by atoms with Gasteiger partial charge in [-0.1, -0.05) is 96.1 Å². The van der Waals surface area contributed by atoms with Crippen LogP contribution in [0.4, 0.5) is 0 Å². The minimum absolute atomic E-state index is 0.0196. The van der Waals surface area contributed by atoms with Gasteiger partial charge in [-0.25, -0.2) is 8.42 Å². The van der Waals surface area contributed by atoms with Gasteiger partial charge in [0, 0.05) is 6.54 Å². The van der Waals surface area contributed by atoms with Crippen molar-refractivity contribution in [3.63, 3.8) is 0 Å². The van der Waals surface area contributed by atoms with E-state index in [4.69, 9.17) is 4.18 Å². The predicted octanol–water partition coefficient (Wildman–Crippen LogP) is 5.04. The first-order valence-corrected chi connectivity index (χ1v) is 15.7. The van der Waals surface area contributed by atoms with E-state index >= 15 is 0 Å². The molecule has 7 nitrogen and oxygen atoms in total. The summed E-state index contributed by atoms with van der Waals surface area (Å²) in [7, 11) is -8.36. The van der Waals surface area contributed by atoms with Gasteiger partial charge < -0.3 is 5.11 Å². The molecule has 4 aromatic carbocycles. The highest BCUT2D eigenvalue weighted by Gasteiger charge is 2.35. The molecular weight excluding hydrogens is 546 g/mol. The summed E-state index contributed by atoms with van der Waals surface area (Å²) in [4.78, 5) is 0.0200. The summed E-state index contributed by atoms with van der Waals surface area (Å²) in [5, 5.41) is 11.1. The smallest absolute Gasteiger partial charge is 0.297 e. The van der Waals surface area contributed by atoms with Crippen molar-refractivity contribution in [2.45, 2.75) is 42.2 Å². The molecular formula is C31H33NO6S2. The molecule has 0 saturated carbocycles. The number of hydrogen-bond donors (Lipinski definition) is 1. The Kier molecular flexibility index (Phi) is 9.55. The molecule has 0 aliphatic rings. The lowest BCUT2D eigenvalue weighted by Crippen LogP contribution is -2.46. The van der Waals surface area contributed by atoms with Crippen molar-refractivity contribution in [2.75, 3.05) is 13.2 Å². The van der Waals surface area contributed by atoms with Gasteiger partial charge in [-0.2, -0.15) is 12.7 Å². The van der Waals surface area contributed by atoms with Gasteiger partial charge in [0.05, 0.1) is 28.5 Å². The molecule has 4 rings (SSSR count). The number of aliphatic hydroxyl groups excluding tert-OH is 1. The third kappa shape index (κ3) is 7.44. The molecule has 1 N–H and O–H groups in total. The fraction of sp³-hybridized carbons (Fsp3) is 0.226. The third-order valence-electron chi connectivity index (χ3n) is 6.61. The van der Waals surface area contributed by atoms with Crippen molar-refractivity contribution in [1.29, 1.82) is 0 Å². The van der Waals surface area contributed by atoms with Crippen LogP contribution in [-0.4, -0.2) is 45.4 Å². The molecule has 0 fully saturated rings. The summed E-state index contributed by atoms with van der Waals surface area (Å²) < 4.78 is 61.0. The second-order valence-corrected chi connectivity index (χ2v) is 13.2. The topological polar surface area (TPSA) is 101 Å². The Morgan fingerprint density at radius 3 is 1.75 bits per heavy atom. The van der Waals surface area contributed by atoms with Crippen LogP contribution < -0.4 is 0 Å². The van der Waals surface area contributed by atoms with Crippen molar-refractivity contribution >= 4 is 20.1 Å². The van der Waals surface area contributed by atoms with E-state index in [1.807, 2.05) is 44.2 Å². The fourth-order valence-electron chi connectivity index (χ4n) is 4.31. The van der Waals surface area contributed by atoms with Crippen LogP contribution in [0.2, 0.25) is 0 Å². The number of benzene rings is 4. The summed E-state index contributed by atoms with van der Waals surface area (Å²) in [6.07, 6.45) is -0.995. The van der Waals surface area contributed by atoms with E-state index in [9.17, 15) is 21.9 Å². The molecule has 210 valence electrons. The monoisotopic (exact) mass is 579 g/mol. The summed E-state index contributed by atoms with van der Waals surface area (Å²) in [5.74, 6) is 0. The van der Waals surface area contributed by atoms with Gasteiger partial charge in [0.15, 0.2) is 0 Å². The van der Waals surface area contributed by atoms with Crippen LogP contribution >= 0.6 is 0 Å². The summed E-state index contributed by atoms with van der Waals surface area (Å²) in [5.41, 5.74) is 3.12. The van der Waals surface area contributed by atoms with Gasteiger partial charge in [0.1, 0.15) is 0 Å². The highest BCUT2D eigenvalue weighted by Crippen LogP contribution is 2.26. The largest absolute Gasteiger partial charge is 0.387 e. The van der Waals surface area contributed by atoms with Crippen LogP contribution in [0.15, 0.2) is 119 Å². The molecule has 0 radical (unpaired) electrons. The fourth-order valence-corrected chi connectivity index (χ4v) is 6.87. The van der Waals surface area contributed by atoms with Gasteiger partial charge in [-0.05, 0) is 55.7 Å². The van der Waals surface area contributed by atoms with Gasteiger partial charge in [-0.15, -0.1) is 0 Å². The van der Waals surface area contributed by atoms with E-state index < -0.39 is 38.9 Å². The lowest BCUT2D eigenvalue weighted by atomic mass is 10.1. The quantitative estimate of drug-likeness (QED) is 0.236. The molecule has 40 heavy (non-hydrogen) atoms. The van der Waals surface area contributed by atoms with Crippen LogP contribution in [0.25, 0.3) is 0 Å². The maximum atomic E-state index is 14.1. The third-order valence-corrected chi connectivity index (χ3v) is 9.84. The second kappa shape index (κ2) is 12.9. The maximum Gasteiger partial charge on any atom is 0.297 e. The second-order valence-electron chi connectivity index (χ2n) is 9.71. The Balaban J connectivity index is 1.74. The summed E-state index contributed by atoms with van der Waals surface area (Å²) in [6.45, 7) is 2.96. The van der Waals surface area contributed by atoms with Gasteiger partial charge in [-0.3, -0.25) is 4.18 Å². The zero-order valence-corrected chi connectivity index (χ0v) is 24.1. The van der Waals surface area contributed by atoms with E-state index in [1.165, 1.54) is 24.3 Å². The first kappa shape index (κ1) is 29.6. The van der Waals surface area contributed by atoms with Crippen LogP contribution in [0.1, 0.15) is 28.4 Å². The maximum absolute atomic E-state index is 14.1. The first-order chi connectivity index (χ1) is 19.1. The van der Waals surface area contributed by atoms with E-state index in [2.05, 4.69) is 0 Å². The van der Waals surface area contributed by atoms with Crippen molar-refractivity contribution in [1.82, 2.24) is 4.31 Å². The average Bonchev–Trinajstić information content (AvgIpc) is 2.95. The number of hydrogen-bond acceptors (Lipinski definition) is 6. The SMILES string of the molecule is Cc1ccc(S(=O)(=O)OC[C@H](Cc2ccccc2)N(C[C@H](O)c2ccccc2)S(=O)(=O)c2ccc(C)cc2)cc1. The number of aliphatic hydroxyl groups is 1. The molecule has 0 heterocycles. The number of sulfonamides is 1. The summed E-state index contributed by atoms with van der Waals surface area (Å²) >= 11 is 0. The zero-order valence-electron chi connectivity index (χ0n) is 22.4. The molecule has 0 bridgehead atoms. The van der Waals surface area contributed by atoms with Crippen molar-refractivity contribution in [2.24, 2.45) is 0 Å². The van der Waals surface area contributed by atoms with Crippen LogP contribution in [-0.2, 0) is 30.7 Å². The van der Waals surface area contributed by atoms with E-state index in [0.717, 1.165) is 21.0 Å². The lowest BCUT2D eigenvalue weighted by molar-refractivity contribution is 0.117. The number of rotatable bonds is 12. The highest BCUT2D eigenvalue weighted by molar-refractivity contribution is 7.89. The lowest BCUT2D eigenvalue weighted by Gasteiger charge is -2.32. The molecule has 0 saturated heterocycles. The molecule has 0 unspecified atom stereocenters. The highest BCUT2D eigenvalue weighted by atomic mass is 32.2. The standard InChI is InChI=1S/C31H33NO6S2/c1-24-13-17-29(18-14-24)39(34,35)32(22-31(33)27-11-7-4-8-12-27)28(21-26-9-5-3-6-10-26)23-38-40(36,37)30-19-15-25(2)16-20-30/h3-20,28,31,33H,21-23H2,1-2H3/t28-,31-/m0/s1. The van der Waals surface area contributed by atoms with Crippen molar-refractivity contribution in [3.05, 3.63) is 131 Å². The predicted molar refractivity (Wildman–Crippen MR) is 155 cm³/mol. The van der Waals surface area contributed by atoms with Crippen LogP contribution in [0.5, 0.6) is 0 Å². The molecule has 0 spiro atoms. The molecule has 0 aliphatic carbocycles. The molecule has 0 aliphatic heterocycles. The van der Waals surface area contributed by atoms with Crippen molar-refractivity contribution < 1.29 is 26.1 Å². The van der Waals surface area contributed by atoms with Crippen LogP contribution in [0.3, 0.4) is 0 Å². The first-order valence-electron chi connectivity index (χ1n) is 12.9. The molecule has 0 aromatic heterocycles. The average molecular weight is 580 g/mol. The van der Waals surface area contributed by atoms with Gasteiger partial charge >= 0.3 is 0 Å². The number of nitrogens with zero attached hydrogens (tertiary/aromatic N) is 1. The number of aryl methyl sites for hydroxylation is 2. The normalized spacial score (nSPS) is 13.7. The minimum Gasteiger partial charge on any atom is -0.387 e. The Hall–Kier alpha value is -3.34. The van der Waals surface area contributed by atoms with E-state index in [0.29, 0.717) is 5.56 Å². The Labute approximate surface area is 236 Å². The minimum atomic E-state index is -4.18. The Morgan fingerprint density at radius 2 is 1.20 bits per heavy atom. The Morgan fingerprint density at radius 1 is 0.700 bits per heavy atom. The molecule has 0 amide bonds. The molecule has 2 atom stereocenters.